The minimum Gasteiger partial charge on any atom is -0.337 e. The van der Waals surface area contributed by atoms with Crippen LogP contribution in [0.4, 0.5) is 0 Å². The molecule has 0 bridgehead atoms. The van der Waals surface area contributed by atoms with E-state index < -0.39 is 0 Å². The van der Waals surface area contributed by atoms with Crippen molar-refractivity contribution in [2.45, 2.75) is 33.6 Å². The number of hydrogen-bond acceptors (Lipinski definition) is 4. The summed E-state index contributed by atoms with van der Waals surface area (Å²) >= 11 is 0. The monoisotopic (exact) mass is 344 g/mol. The molecule has 0 saturated carbocycles. The van der Waals surface area contributed by atoms with Gasteiger partial charge in [0.15, 0.2) is 0 Å². The number of carbonyl (C=O) groups is 1. The van der Waals surface area contributed by atoms with E-state index in [2.05, 4.69) is 27.5 Å². The standard InChI is InChI=1S/C18H28N6O/c1-5-19-11-14-6-8-24(9-7-14)18(25)16-10-15(20-21-16)17-12(2)22-23(4)13(17)3/h10,14,19H,5-9,11H2,1-4H3,(H,20,21). The van der Waals surface area contributed by atoms with E-state index in [4.69, 9.17) is 0 Å². The van der Waals surface area contributed by atoms with Crippen LogP contribution in [0, 0.1) is 19.8 Å². The molecular weight excluding hydrogens is 316 g/mol. The maximum Gasteiger partial charge on any atom is 0.271 e. The maximum absolute atomic E-state index is 12.8. The van der Waals surface area contributed by atoms with Crippen LogP contribution in [0.15, 0.2) is 6.07 Å². The third-order valence-electron chi connectivity index (χ3n) is 5.16. The molecule has 0 aliphatic carbocycles. The molecule has 0 unspecified atom stereocenters. The van der Waals surface area contributed by atoms with Crippen molar-refractivity contribution >= 4 is 5.91 Å². The highest BCUT2D eigenvalue weighted by Gasteiger charge is 2.25. The molecule has 7 nitrogen and oxygen atoms in total. The number of amides is 1. The van der Waals surface area contributed by atoms with Gasteiger partial charge in [-0.25, -0.2) is 0 Å². The summed E-state index contributed by atoms with van der Waals surface area (Å²) in [5, 5.41) is 15.1. The summed E-state index contributed by atoms with van der Waals surface area (Å²) in [5.41, 5.74) is 4.32. The predicted octanol–water partition coefficient (Wildman–Crippen LogP) is 1.89. The van der Waals surface area contributed by atoms with E-state index in [0.717, 1.165) is 61.7 Å². The Hall–Kier alpha value is -2.15. The Kier molecular flexibility index (Phi) is 5.22. The van der Waals surface area contributed by atoms with E-state index in [1.54, 1.807) is 0 Å². The lowest BCUT2D eigenvalue weighted by Crippen LogP contribution is -2.40. The van der Waals surface area contributed by atoms with Crippen LogP contribution in [0.2, 0.25) is 0 Å². The number of H-pyrrole nitrogens is 1. The third kappa shape index (κ3) is 3.61. The van der Waals surface area contributed by atoms with Crippen molar-refractivity contribution in [3.63, 3.8) is 0 Å². The fourth-order valence-corrected chi connectivity index (χ4v) is 3.56. The number of aryl methyl sites for hydroxylation is 2. The summed E-state index contributed by atoms with van der Waals surface area (Å²) in [4.78, 5) is 14.7. The summed E-state index contributed by atoms with van der Waals surface area (Å²) in [6, 6.07) is 1.85. The van der Waals surface area contributed by atoms with Crippen LogP contribution in [0.3, 0.4) is 0 Å². The number of nitrogens with zero attached hydrogens (tertiary/aromatic N) is 4. The van der Waals surface area contributed by atoms with E-state index in [0.29, 0.717) is 11.6 Å². The zero-order chi connectivity index (χ0) is 18.0. The first kappa shape index (κ1) is 17.7. The molecule has 1 aliphatic heterocycles. The van der Waals surface area contributed by atoms with Gasteiger partial charge in [0, 0.05) is 31.4 Å². The number of aromatic amines is 1. The number of likely N-dealkylation sites (tertiary alicyclic amines) is 1. The fraction of sp³-hybridized carbons (Fsp3) is 0.611. The van der Waals surface area contributed by atoms with E-state index >= 15 is 0 Å². The molecule has 2 N–H and O–H groups in total. The van der Waals surface area contributed by atoms with E-state index in [9.17, 15) is 4.79 Å². The minimum absolute atomic E-state index is 0.0415. The molecule has 3 rings (SSSR count). The number of rotatable bonds is 5. The molecule has 2 aromatic heterocycles. The lowest BCUT2D eigenvalue weighted by Gasteiger charge is -2.31. The van der Waals surface area contributed by atoms with Crippen LogP contribution in [0.5, 0.6) is 0 Å². The topological polar surface area (TPSA) is 78.8 Å². The predicted molar refractivity (Wildman–Crippen MR) is 97.4 cm³/mol. The smallest absolute Gasteiger partial charge is 0.271 e. The fourth-order valence-electron chi connectivity index (χ4n) is 3.56. The molecule has 2 aromatic rings. The normalized spacial score (nSPS) is 15.8. The molecule has 25 heavy (non-hydrogen) atoms. The lowest BCUT2D eigenvalue weighted by molar-refractivity contribution is 0.0684. The van der Waals surface area contributed by atoms with E-state index in [1.807, 2.05) is 36.5 Å². The largest absolute Gasteiger partial charge is 0.337 e. The number of aromatic nitrogens is 4. The molecule has 0 spiro atoms. The first-order valence-corrected chi connectivity index (χ1v) is 9.07. The van der Waals surface area contributed by atoms with Gasteiger partial charge < -0.3 is 10.2 Å². The summed E-state index contributed by atoms with van der Waals surface area (Å²) in [7, 11) is 1.92. The average molecular weight is 344 g/mol. The molecule has 136 valence electrons. The van der Waals surface area contributed by atoms with Gasteiger partial charge in [0.05, 0.1) is 11.4 Å². The summed E-state index contributed by atoms with van der Waals surface area (Å²) in [5.74, 6) is 0.710. The van der Waals surface area contributed by atoms with Crippen molar-refractivity contribution < 1.29 is 4.79 Å². The second-order valence-electron chi connectivity index (χ2n) is 6.88. The SMILES string of the molecule is CCNCC1CCN(C(=O)c2cc(-c3c(C)nn(C)c3C)n[nH]2)CC1. The molecule has 1 fully saturated rings. The lowest BCUT2D eigenvalue weighted by atomic mass is 9.96. The zero-order valence-electron chi connectivity index (χ0n) is 15.6. The zero-order valence-corrected chi connectivity index (χ0v) is 15.6. The van der Waals surface area contributed by atoms with Gasteiger partial charge >= 0.3 is 0 Å². The molecule has 1 aliphatic rings. The van der Waals surface area contributed by atoms with Crippen LogP contribution >= 0.6 is 0 Å². The Morgan fingerprint density at radius 1 is 1.36 bits per heavy atom. The van der Waals surface area contributed by atoms with Gasteiger partial charge in [0.25, 0.3) is 5.91 Å². The Balaban J connectivity index is 1.67. The first-order valence-electron chi connectivity index (χ1n) is 9.07. The molecule has 1 saturated heterocycles. The first-order chi connectivity index (χ1) is 12.0. The molecule has 0 atom stereocenters. The summed E-state index contributed by atoms with van der Waals surface area (Å²) in [6.07, 6.45) is 2.11. The van der Waals surface area contributed by atoms with Gasteiger partial charge in [-0.3, -0.25) is 14.6 Å². The van der Waals surface area contributed by atoms with Crippen molar-refractivity contribution in [2.75, 3.05) is 26.2 Å². The highest BCUT2D eigenvalue weighted by Crippen LogP contribution is 2.26. The van der Waals surface area contributed by atoms with Gasteiger partial charge in [-0.15, -0.1) is 0 Å². The quantitative estimate of drug-likeness (QED) is 0.868. The maximum atomic E-state index is 12.8. The summed E-state index contributed by atoms with van der Waals surface area (Å²) < 4.78 is 1.84. The number of carbonyl (C=O) groups excluding carboxylic acids is 1. The Bertz CT molecular complexity index is 739. The van der Waals surface area contributed by atoms with Crippen LogP contribution in [0.25, 0.3) is 11.3 Å². The van der Waals surface area contributed by atoms with E-state index in [1.165, 1.54) is 0 Å². The van der Waals surface area contributed by atoms with Crippen molar-refractivity contribution in [3.8, 4) is 11.3 Å². The van der Waals surface area contributed by atoms with Gasteiger partial charge in [-0.2, -0.15) is 10.2 Å². The Morgan fingerprint density at radius 3 is 2.68 bits per heavy atom. The average Bonchev–Trinajstić information content (AvgIpc) is 3.18. The van der Waals surface area contributed by atoms with Crippen molar-refractivity contribution in [1.82, 2.24) is 30.2 Å². The van der Waals surface area contributed by atoms with Gasteiger partial charge in [-0.05, 0) is 51.8 Å². The Labute approximate surface area is 148 Å². The molecule has 1 amide bonds. The van der Waals surface area contributed by atoms with Crippen LogP contribution in [-0.2, 0) is 7.05 Å². The van der Waals surface area contributed by atoms with Crippen LogP contribution < -0.4 is 5.32 Å². The molecule has 7 heteroatoms. The third-order valence-corrected chi connectivity index (χ3v) is 5.16. The second-order valence-corrected chi connectivity index (χ2v) is 6.88. The minimum atomic E-state index is 0.0415. The second kappa shape index (κ2) is 7.39. The van der Waals surface area contributed by atoms with Gasteiger partial charge in [-0.1, -0.05) is 6.92 Å². The van der Waals surface area contributed by atoms with Gasteiger partial charge in [0.2, 0.25) is 0 Å². The van der Waals surface area contributed by atoms with Crippen molar-refractivity contribution in [1.29, 1.82) is 0 Å². The molecular formula is C18H28N6O. The van der Waals surface area contributed by atoms with E-state index in [-0.39, 0.29) is 5.91 Å². The molecule has 0 aromatic carbocycles. The number of hydrogen-bond donors (Lipinski definition) is 2. The van der Waals surface area contributed by atoms with Gasteiger partial charge in [0.1, 0.15) is 5.69 Å². The number of nitrogens with one attached hydrogen (secondary N) is 2. The van der Waals surface area contributed by atoms with Crippen LogP contribution in [-0.4, -0.2) is 57.0 Å². The highest BCUT2D eigenvalue weighted by atomic mass is 16.2. The summed E-state index contributed by atoms with van der Waals surface area (Å²) in [6.45, 7) is 9.78. The van der Waals surface area contributed by atoms with Crippen LogP contribution in [0.1, 0.15) is 41.6 Å². The van der Waals surface area contributed by atoms with Crippen molar-refractivity contribution in [3.05, 3.63) is 23.1 Å². The Morgan fingerprint density at radius 2 is 2.08 bits per heavy atom. The highest BCUT2D eigenvalue weighted by molar-refractivity contribution is 5.93. The van der Waals surface area contributed by atoms with Crippen molar-refractivity contribution in [2.24, 2.45) is 13.0 Å². The molecule has 3 heterocycles. The molecule has 0 radical (unpaired) electrons. The number of piperidine rings is 1.